The molecule has 0 atom stereocenters. The van der Waals surface area contributed by atoms with Gasteiger partial charge in [-0.25, -0.2) is 8.78 Å². The van der Waals surface area contributed by atoms with Crippen LogP contribution in [0, 0.1) is 11.6 Å². The van der Waals surface area contributed by atoms with Crippen molar-refractivity contribution in [2.45, 2.75) is 0 Å². The first kappa shape index (κ1) is 21.1. The third-order valence-corrected chi connectivity index (χ3v) is 4.97. The Morgan fingerprint density at radius 3 is 2.16 bits per heavy atom. The number of rotatable bonds is 6. The number of hydrogen-bond acceptors (Lipinski definition) is 5. The van der Waals surface area contributed by atoms with Crippen molar-refractivity contribution in [2.75, 3.05) is 26.6 Å². The fourth-order valence-corrected chi connectivity index (χ4v) is 3.36. The van der Waals surface area contributed by atoms with Gasteiger partial charge in [-0.2, -0.15) is 5.10 Å². The first-order chi connectivity index (χ1) is 15.4. The lowest BCUT2D eigenvalue weighted by molar-refractivity contribution is 0.102. The average molecular weight is 439 g/mol. The van der Waals surface area contributed by atoms with Crippen molar-refractivity contribution in [1.82, 2.24) is 10.2 Å². The van der Waals surface area contributed by atoms with Crippen LogP contribution in [-0.4, -0.2) is 37.4 Å². The van der Waals surface area contributed by atoms with Crippen LogP contribution in [0.4, 0.5) is 14.6 Å². The number of aromatic amines is 1. The number of ether oxygens (including phenoxy) is 3. The lowest BCUT2D eigenvalue weighted by Gasteiger charge is -2.13. The van der Waals surface area contributed by atoms with Crippen molar-refractivity contribution >= 4 is 22.6 Å². The second kappa shape index (κ2) is 8.54. The van der Waals surface area contributed by atoms with E-state index in [4.69, 9.17) is 14.2 Å². The first-order valence-electron chi connectivity index (χ1n) is 9.50. The Labute approximate surface area is 181 Å². The highest BCUT2D eigenvalue weighted by molar-refractivity contribution is 6.08. The molecule has 0 spiro atoms. The monoisotopic (exact) mass is 439 g/mol. The number of hydrogen-bond donors (Lipinski definition) is 2. The summed E-state index contributed by atoms with van der Waals surface area (Å²) < 4.78 is 42.6. The van der Waals surface area contributed by atoms with E-state index in [2.05, 4.69) is 15.5 Å². The Morgan fingerprint density at radius 2 is 1.53 bits per heavy atom. The summed E-state index contributed by atoms with van der Waals surface area (Å²) in [6, 6.07) is 12.0. The number of H-pyrrole nitrogens is 1. The van der Waals surface area contributed by atoms with Crippen molar-refractivity contribution in [2.24, 2.45) is 0 Å². The molecule has 4 aromatic rings. The van der Waals surface area contributed by atoms with Crippen LogP contribution in [0.25, 0.3) is 22.0 Å². The van der Waals surface area contributed by atoms with Crippen molar-refractivity contribution < 1.29 is 27.8 Å². The number of amides is 1. The molecule has 0 aliphatic heterocycles. The molecule has 0 unspecified atom stereocenters. The van der Waals surface area contributed by atoms with E-state index in [0.717, 1.165) is 12.1 Å². The fourth-order valence-electron chi connectivity index (χ4n) is 3.36. The zero-order chi connectivity index (χ0) is 22.8. The first-order valence-corrected chi connectivity index (χ1v) is 9.50. The molecular weight excluding hydrogens is 420 g/mol. The maximum atomic E-state index is 13.6. The van der Waals surface area contributed by atoms with E-state index in [1.807, 2.05) is 0 Å². The van der Waals surface area contributed by atoms with Gasteiger partial charge >= 0.3 is 0 Å². The number of nitrogens with one attached hydrogen (secondary N) is 2. The van der Waals surface area contributed by atoms with Gasteiger partial charge in [-0.1, -0.05) is 12.1 Å². The van der Waals surface area contributed by atoms with Gasteiger partial charge in [0.2, 0.25) is 5.75 Å². The zero-order valence-corrected chi connectivity index (χ0v) is 17.5. The minimum Gasteiger partial charge on any atom is -0.493 e. The maximum Gasteiger partial charge on any atom is 0.257 e. The minimum atomic E-state index is -0.925. The van der Waals surface area contributed by atoms with E-state index >= 15 is 0 Å². The molecule has 0 saturated carbocycles. The highest BCUT2D eigenvalue weighted by Crippen LogP contribution is 2.38. The molecule has 0 aliphatic carbocycles. The van der Waals surface area contributed by atoms with Gasteiger partial charge in [-0.15, -0.1) is 0 Å². The van der Waals surface area contributed by atoms with E-state index in [1.54, 1.807) is 18.2 Å². The van der Waals surface area contributed by atoms with Gasteiger partial charge in [0, 0.05) is 10.9 Å². The topological polar surface area (TPSA) is 85.5 Å². The summed E-state index contributed by atoms with van der Waals surface area (Å²) in [4.78, 5) is 12.9. The summed E-state index contributed by atoms with van der Waals surface area (Å²) in [6.45, 7) is 0. The van der Waals surface area contributed by atoms with Crippen LogP contribution in [0.3, 0.4) is 0 Å². The molecule has 1 amide bonds. The van der Waals surface area contributed by atoms with E-state index in [-0.39, 0.29) is 5.56 Å². The molecule has 4 rings (SSSR count). The number of anilines is 1. The number of fused-ring (bicyclic) bond motifs is 1. The molecule has 0 fully saturated rings. The van der Waals surface area contributed by atoms with Gasteiger partial charge in [0.1, 0.15) is 0 Å². The number of nitrogens with zero attached hydrogens (tertiary/aromatic N) is 1. The standard InChI is InChI=1S/C23H19F2N3O4/c1-30-19-10-14(11-20(31-2)21(19)32-3)23(29)26-22-15-6-4-13(9-18(15)27-28-22)12-5-7-16(24)17(25)8-12/h4-11H,1-3H3,(H2,26,27,28,29). The Morgan fingerprint density at radius 1 is 0.875 bits per heavy atom. The molecule has 7 nitrogen and oxygen atoms in total. The van der Waals surface area contributed by atoms with Gasteiger partial charge in [0.25, 0.3) is 5.91 Å². The maximum absolute atomic E-state index is 13.6. The van der Waals surface area contributed by atoms with Crippen molar-refractivity contribution in [3.05, 3.63) is 65.7 Å². The van der Waals surface area contributed by atoms with Gasteiger partial charge in [0.05, 0.1) is 26.8 Å². The molecule has 1 aromatic heterocycles. The minimum absolute atomic E-state index is 0.286. The summed E-state index contributed by atoms with van der Waals surface area (Å²) in [5.74, 6) is -0.877. The molecule has 0 aliphatic rings. The Bertz CT molecular complexity index is 1300. The van der Waals surface area contributed by atoms with Gasteiger partial charge in [-0.05, 0) is 47.5 Å². The molecule has 0 radical (unpaired) electrons. The quantitative estimate of drug-likeness (QED) is 0.451. The SMILES string of the molecule is COc1cc(C(=O)Nc2n[nH]c3cc(-c4ccc(F)c(F)c4)ccc23)cc(OC)c1OC. The van der Waals surface area contributed by atoms with Gasteiger partial charge < -0.3 is 19.5 Å². The van der Waals surface area contributed by atoms with E-state index in [1.165, 1.54) is 39.5 Å². The smallest absolute Gasteiger partial charge is 0.257 e. The van der Waals surface area contributed by atoms with Gasteiger partial charge in [0.15, 0.2) is 29.0 Å². The van der Waals surface area contributed by atoms with Crippen molar-refractivity contribution in [3.8, 4) is 28.4 Å². The second-order valence-corrected chi connectivity index (χ2v) is 6.83. The predicted octanol–water partition coefficient (Wildman–Crippen LogP) is 4.79. The number of carbonyl (C=O) groups is 1. The third kappa shape index (κ3) is 3.80. The van der Waals surface area contributed by atoms with Crippen LogP contribution < -0.4 is 19.5 Å². The fraction of sp³-hybridized carbons (Fsp3) is 0.130. The largest absolute Gasteiger partial charge is 0.493 e. The lowest BCUT2D eigenvalue weighted by atomic mass is 10.0. The predicted molar refractivity (Wildman–Crippen MR) is 115 cm³/mol. The van der Waals surface area contributed by atoms with Crippen LogP contribution in [0.5, 0.6) is 17.2 Å². The highest BCUT2D eigenvalue weighted by atomic mass is 19.2. The molecule has 164 valence electrons. The van der Waals surface area contributed by atoms with Crippen LogP contribution in [0.2, 0.25) is 0 Å². The lowest BCUT2D eigenvalue weighted by Crippen LogP contribution is -2.13. The van der Waals surface area contributed by atoms with Crippen LogP contribution in [0.1, 0.15) is 10.4 Å². The summed E-state index contributed by atoms with van der Waals surface area (Å²) >= 11 is 0. The Hall–Kier alpha value is -4.14. The number of aromatic nitrogens is 2. The second-order valence-electron chi connectivity index (χ2n) is 6.83. The average Bonchev–Trinajstić information content (AvgIpc) is 3.21. The Balaban J connectivity index is 1.64. The zero-order valence-electron chi connectivity index (χ0n) is 17.5. The molecular formula is C23H19F2N3O4. The summed E-state index contributed by atoms with van der Waals surface area (Å²) in [5, 5.41) is 10.4. The molecule has 1 heterocycles. The summed E-state index contributed by atoms with van der Waals surface area (Å²) in [6.07, 6.45) is 0. The molecule has 9 heteroatoms. The van der Waals surface area contributed by atoms with Crippen LogP contribution in [-0.2, 0) is 0 Å². The number of carbonyl (C=O) groups excluding carboxylic acids is 1. The van der Waals surface area contributed by atoms with E-state index in [9.17, 15) is 13.6 Å². The third-order valence-electron chi connectivity index (χ3n) is 4.97. The number of benzene rings is 3. The summed E-state index contributed by atoms with van der Waals surface area (Å²) in [5.41, 5.74) is 2.09. The van der Waals surface area contributed by atoms with E-state index in [0.29, 0.717) is 45.1 Å². The van der Waals surface area contributed by atoms with Crippen molar-refractivity contribution in [1.29, 1.82) is 0 Å². The van der Waals surface area contributed by atoms with E-state index < -0.39 is 17.5 Å². The van der Waals surface area contributed by atoms with Crippen molar-refractivity contribution in [3.63, 3.8) is 0 Å². The molecule has 0 saturated heterocycles. The van der Waals surface area contributed by atoms with Crippen LogP contribution in [0.15, 0.2) is 48.5 Å². The molecule has 32 heavy (non-hydrogen) atoms. The number of methoxy groups -OCH3 is 3. The Kier molecular flexibility index (Phi) is 5.63. The molecule has 0 bridgehead atoms. The molecule has 3 aromatic carbocycles. The van der Waals surface area contributed by atoms with Gasteiger partial charge in [-0.3, -0.25) is 9.89 Å². The highest BCUT2D eigenvalue weighted by Gasteiger charge is 2.18. The number of halogens is 2. The molecule has 2 N–H and O–H groups in total. The summed E-state index contributed by atoms with van der Waals surface area (Å²) in [7, 11) is 4.40. The normalized spacial score (nSPS) is 10.8. The van der Waals surface area contributed by atoms with Crippen LogP contribution >= 0.6 is 0 Å².